The zero-order valence-electron chi connectivity index (χ0n) is 10.4. The van der Waals surface area contributed by atoms with Gasteiger partial charge in [0.2, 0.25) is 0 Å². The molecule has 3 rings (SSSR count). The fraction of sp³-hybridized carbons (Fsp3) is 0.231. The summed E-state index contributed by atoms with van der Waals surface area (Å²) in [5, 5.41) is 4.45. The van der Waals surface area contributed by atoms with E-state index in [1.54, 1.807) is 17.4 Å². The molecule has 0 aliphatic rings. The van der Waals surface area contributed by atoms with E-state index in [0.29, 0.717) is 11.1 Å². The Balaban J connectivity index is 1.75. The second kappa shape index (κ2) is 4.89. The number of aromatic nitrogens is 2. The van der Waals surface area contributed by atoms with Crippen LogP contribution >= 0.6 is 11.3 Å². The van der Waals surface area contributed by atoms with Crippen molar-refractivity contribution in [2.45, 2.75) is 19.9 Å². The Bertz CT molecular complexity index is 756. The van der Waals surface area contributed by atoms with Crippen LogP contribution in [0.2, 0.25) is 0 Å². The van der Waals surface area contributed by atoms with Gasteiger partial charge in [0.25, 0.3) is 0 Å². The lowest BCUT2D eigenvalue weighted by Gasteiger charge is -2.03. The molecule has 0 fully saturated rings. The first-order valence-electron chi connectivity index (χ1n) is 6.05. The quantitative estimate of drug-likeness (QED) is 0.768. The highest BCUT2D eigenvalue weighted by Crippen LogP contribution is 2.19. The van der Waals surface area contributed by atoms with Crippen molar-refractivity contribution in [3.8, 4) is 0 Å². The van der Waals surface area contributed by atoms with Gasteiger partial charge < -0.3 is 9.73 Å². The molecule has 98 valence electrons. The third-order valence-electron chi connectivity index (χ3n) is 2.79. The number of rotatable bonds is 4. The summed E-state index contributed by atoms with van der Waals surface area (Å²) in [6, 6.07) is 5.53. The number of aromatic amines is 1. The molecular formula is C13H13N3O2S. The van der Waals surface area contributed by atoms with E-state index >= 15 is 0 Å². The predicted molar refractivity (Wildman–Crippen MR) is 75.7 cm³/mol. The van der Waals surface area contributed by atoms with Gasteiger partial charge in [0.1, 0.15) is 0 Å². The summed E-state index contributed by atoms with van der Waals surface area (Å²) in [7, 11) is 0. The van der Waals surface area contributed by atoms with Crippen molar-refractivity contribution < 1.29 is 4.42 Å². The SMILES string of the molecule is CCc1ncc(CNc2ccc3oc(=O)[nH]c3c2)s1. The molecule has 2 heterocycles. The smallest absolute Gasteiger partial charge is 0.408 e. The molecule has 2 N–H and O–H groups in total. The molecule has 6 heteroatoms. The van der Waals surface area contributed by atoms with Crippen molar-refractivity contribution in [2.24, 2.45) is 0 Å². The maximum Gasteiger partial charge on any atom is 0.417 e. The number of oxazole rings is 1. The minimum Gasteiger partial charge on any atom is -0.408 e. The van der Waals surface area contributed by atoms with Gasteiger partial charge in [-0.2, -0.15) is 0 Å². The minimum absolute atomic E-state index is 0.429. The third-order valence-corrected chi connectivity index (χ3v) is 3.93. The lowest BCUT2D eigenvalue weighted by Crippen LogP contribution is -1.97. The van der Waals surface area contributed by atoms with E-state index in [1.807, 2.05) is 18.3 Å². The molecule has 0 spiro atoms. The van der Waals surface area contributed by atoms with Crippen LogP contribution in [0.5, 0.6) is 0 Å². The van der Waals surface area contributed by atoms with Gasteiger partial charge in [-0.3, -0.25) is 4.98 Å². The molecule has 0 bridgehead atoms. The van der Waals surface area contributed by atoms with Crippen LogP contribution in [0, 0.1) is 0 Å². The Morgan fingerprint density at radius 2 is 2.37 bits per heavy atom. The summed E-state index contributed by atoms with van der Waals surface area (Å²) >= 11 is 1.71. The number of nitrogens with one attached hydrogen (secondary N) is 2. The molecule has 0 radical (unpaired) electrons. The van der Waals surface area contributed by atoms with E-state index in [-0.39, 0.29) is 0 Å². The van der Waals surface area contributed by atoms with Gasteiger partial charge in [-0.25, -0.2) is 9.78 Å². The molecule has 0 saturated heterocycles. The number of hydrogen-bond acceptors (Lipinski definition) is 5. The number of thiazole rings is 1. The van der Waals surface area contributed by atoms with Gasteiger partial charge in [0.05, 0.1) is 17.1 Å². The van der Waals surface area contributed by atoms with Crippen LogP contribution in [0.1, 0.15) is 16.8 Å². The third kappa shape index (κ3) is 2.53. The van der Waals surface area contributed by atoms with Crippen LogP contribution < -0.4 is 11.1 Å². The van der Waals surface area contributed by atoms with E-state index in [9.17, 15) is 4.79 Å². The predicted octanol–water partition coefficient (Wildman–Crippen LogP) is 2.75. The van der Waals surface area contributed by atoms with Crippen LogP contribution in [0.4, 0.5) is 5.69 Å². The summed E-state index contributed by atoms with van der Waals surface area (Å²) in [5.41, 5.74) is 2.21. The molecule has 3 aromatic rings. The van der Waals surface area contributed by atoms with E-state index in [2.05, 4.69) is 22.2 Å². The van der Waals surface area contributed by atoms with Crippen molar-refractivity contribution in [3.05, 3.63) is 44.8 Å². The topological polar surface area (TPSA) is 70.9 Å². The van der Waals surface area contributed by atoms with Crippen molar-refractivity contribution in [1.82, 2.24) is 9.97 Å². The Morgan fingerprint density at radius 1 is 1.47 bits per heavy atom. The van der Waals surface area contributed by atoms with Crippen molar-refractivity contribution in [1.29, 1.82) is 0 Å². The Hall–Kier alpha value is -2.08. The second-order valence-corrected chi connectivity index (χ2v) is 5.35. The summed E-state index contributed by atoms with van der Waals surface area (Å²) in [5.74, 6) is -0.429. The average Bonchev–Trinajstić information content (AvgIpc) is 3.00. The Labute approximate surface area is 113 Å². The molecule has 5 nitrogen and oxygen atoms in total. The zero-order valence-corrected chi connectivity index (χ0v) is 11.2. The van der Waals surface area contributed by atoms with Gasteiger partial charge in [0, 0.05) is 16.8 Å². The molecular weight excluding hydrogens is 262 g/mol. The molecule has 0 aliphatic heterocycles. The highest BCUT2D eigenvalue weighted by molar-refractivity contribution is 7.11. The van der Waals surface area contributed by atoms with Gasteiger partial charge in [0.15, 0.2) is 5.58 Å². The molecule has 0 saturated carbocycles. The number of hydrogen-bond donors (Lipinski definition) is 2. The van der Waals surface area contributed by atoms with Crippen LogP contribution in [-0.2, 0) is 13.0 Å². The number of nitrogens with zero attached hydrogens (tertiary/aromatic N) is 1. The van der Waals surface area contributed by atoms with Gasteiger partial charge in [-0.1, -0.05) is 6.92 Å². The molecule has 1 aromatic carbocycles. The van der Waals surface area contributed by atoms with Crippen LogP contribution in [0.15, 0.2) is 33.6 Å². The lowest BCUT2D eigenvalue weighted by atomic mass is 10.3. The van der Waals surface area contributed by atoms with E-state index < -0.39 is 5.76 Å². The van der Waals surface area contributed by atoms with Crippen molar-refractivity contribution in [3.63, 3.8) is 0 Å². The van der Waals surface area contributed by atoms with Crippen molar-refractivity contribution in [2.75, 3.05) is 5.32 Å². The van der Waals surface area contributed by atoms with Crippen LogP contribution in [0.3, 0.4) is 0 Å². The number of fused-ring (bicyclic) bond motifs is 1. The summed E-state index contributed by atoms with van der Waals surface area (Å²) in [6.07, 6.45) is 2.86. The first-order valence-corrected chi connectivity index (χ1v) is 6.86. The second-order valence-electron chi connectivity index (χ2n) is 4.15. The molecule has 19 heavy (non-hydrogen) atoms. The zero-order chi connectivity index (χ0) is 13.2. The highest BCUT2D eigenvalue weighted by Gasteiger charge is 2.03. The fourth-order valence-corrected chi connectivity index (χ4v) is 2.65. The molecule has 2 aromatic heterocycles. The average molecular weight is 275 g/mol. The standard InChI is InChI=1S/C13H13N3O2S/c1-2-12-15-7-9(19-12)6-14-8-3-4-11-10(5-8)16-13(17)18-11/h3-5,7,14H,2,6H2,1H3,(H,16,17). The normalized spacial score (nSPS) is 11.0. The van der Waals surface area contributed by atoms with Crippen LogP contribution in [-0.4, -0.2) is 9.97 Å². The maximum atomic E-state index is 11.1. The van der Waals surface area contributed by atoms with E-state index in [1.165, 1.54) is 4.88 Å². The fourth-order valence-electron chi connectivity index (χ4n) is 1.84. The van der Waals surface area contributed by atoms with Crippen molar-refractivity contribution >= 4 is 28.1 Å². The minimum atomic E-state index is -0.429. The van der Waals surface area contributed by atoms with Gasteiger partial charge >= 0.3 is 5.76 Å². The maximum absolute atomic E-state index is 11.1. The highest BCUT2D eigenvalue weighted by atomic mass is 32.1. The number of benzene rings is 1. The summed E-state index contributed by atoms with van der Waals surface area (Å²) in [4.78, 5) is 19.2. The molecule has 0 aliphatic carbocycles. The number of anilines is 1. The Kier molecular flexibility index (Phi) is 3.08. The molecule has 0 unspecified atom stereocenters. The number of aryl methyl sites for hydroxylation is 1. The largest absolute Gasteiger partial charge is 0.417 e. The molecule has 0 amide bonds. The lowest BCUT2D eigenvalue weighted by molar-refractivity contribution is 0.555. The number of H-pyrrole nitrogens is 1. The van der Waals surface area contributed by atoms with Gasteiger partial charge in [-0.15, -0.1) is 11.3 Å². The van der Waals surface area contributed by atoms with E-state index in [0.717, 1.165) is 23.7 Å². The summed E-state index contributed by atoms with van der Waals surface area (Å²) in [6.45, 7) is 2.82. The summed E-state index contributed by atoms with van der Waals surface area (Å²) < 4.78 is 4.96. The van der Waals surface area contributed by atoms with E-state index in [4.69, 9.17) is 4.42 Å². The molecule has 0 atom stereocenters. The van der Waals surface area contributed by atoms with Gasteiger partial charge in [-0.05, 0) is 24.6 Å². The first-order chi connectivity index (χ1) is 9.24. The Morgan fingerprint density at radius 3 is 3.16 bits per heavy atom. The first kappa shape index (κ1) is 12.0. The van der Waals surface area contributed by atoms with Crippen LogP contribution in [0.25, 0.3) is 11.1 Å². The monoisotopic (exact) mass is 275 g/mol.